The van der Waals surface area contributed by atoms with Gasteiger partial charge in [0, 0.05) is 6.26 Å². The normalized spacial score (nSPS) is 23.3. The van der Waals surface area contributed by atoms with Gasteiger partial charge in [-0.1, -0.05) is 12.1 Å². The highest BCUT2D eigenvalue weighted by Crippen LogP contribution is 2.24. The zero-order valence-electron chi connectivity index (χ0n) is 11.1. The van der Waals surface area contributed by atoms with Crippen molar-refractivity contribution >= 4 is 21.4 Å². The summed E-state index contributed by atoms with van der Waals surface area (Å²) >= 11 is 0. The second-order valence-corrected chi connectivity index (χ2v) is 7.07. The fourth-order valence-electron chi connectivity index (χ4n) is 2.24. The van der Waals surface area contributed by atoms with Crippen molar-refractivity contribution in [2.45, 2.75) is 30.2 Å². The number of hydrogen-bond donors (Lipinski definition) is 2. The van der Waals surface area contributed by atoms with E-state index < -0.39 is 15.4 Å². The van der Waals surface area contributed by atoms with Crippen molar-refractivity contribution in [2.24, 2.45) is 0 Å². The molecule has 0 spiro atoms. The van der Waals surface area contributed by atoms with Crippen molar-refractivity contribution in [3.63, 3.8) is 0 Å². The third-order valence-electron chi connectivity index (χ3n) is 3.40. The van der Waals surface area contributed by atoms with Crippen molar-refractivity contribution in [3.05, 3.63) is 24.3 Å². The molecule has 6 heteroatoms. The average Bonchev–Trinajstić information content (AvgIpc) is 2.77. The van der Waals surface area contributed by atoms with Gasteiger partial charge in [-0.15, -0.1) is 0 Å². The fraction of sp³-hybridized carbons (Fsp3) is 0.462. The number of para-hydroxylation sites is 1. The highest BCUT2D eigenvalue weighted by molar-refractivity contribution is 7.90. The van der Waals surface area contributed by atoms with Crippen LogP contribution in [0.15, 0.2) is 29.2 Å². The molecule has 0 radical (unpaired) electrons. The Morgan fingerprint density at radius 1 is 1.37 bits per heavy atom. The Morgan fingerprint density at radius 3 is 2.63 bits per heavy atom. The van der Waals surface area contributed by atoms with Gasteiger partial charge in [0.2, 0.25) is 5.91 Å². The number of hydrogen-bond acceptors (Lipinski definition) is 4. The van der Waals surface area contributed by atoms with Gasteiger partial charge in [0.05, 0.1) is 16.1 Å². The number of carbonyl (C=O) groups excluding carboxylic acids is 1. The minimum absolute atomic E-state index is 0.143. The van der Waals surface area contributed by atoms with Crippen LogP contribution in [-0.4, -0.2) is 32.7 Å². The lowest BCUT2D eigenvalue weighted by Gasteiger charge is -2.23. The Hall–Kier alpha value is -1.40. The maximum atomic E-state index is 12.2. The van der Waals surface area contributed by atoms with E-state index in [-0.39, 0.29) is 10.8 Å². The van der Waals surface area contributed by atoms with E-state index in [9.17, 15) is 13.2 Å². The standard InChI is InChI=1S/C13H18N2O3S/c1-13(8-5-9-14-13)12(16)15-10-6-3-4-7-11(10)19(2,17)18/h3-4,6-7,14H,5,8-9H2,1-2H3,(H,15,16). The molecular formula is C13H18N2O3S. The first kappa shape index (κ1) is 14.0. The van der Waals surface area contributed by atoms with Crippen LogP contribution in [0.25, 0.3) is 0 Å². The van der Waals surface area contributed by atoms with Crippen LogP contribution in [0.5, 0.6) is 0 Å². The molecule has 0 aromatic heterocycles. The highest BCUT2D eigenvalue weighted by Gasteiger charge is 2.36. The monoisotopic (exact) mass is 282 g/mol. The molecule has 1 aliphatic rings. The highest BCUT2D eigenvalue weighted by atomic mass is 32.2. The van der Waals surface area contributed by atoms with Gasteiger partial charge in [-0.25, -0.2) is 8.42 Å². The number of nitrogens with one attached hydrogen (secondary N) is 2. The first-order chi connectivity index (χ1) is 8.83. The van der Waals surface area contributed by atoms with E-state index >= 15 is 0 Å². The summed E-state index contributed by atoms with van der Waals surface area (Å²) in [6.07, 6.45) is 2.82. The summed E-state index contributed by atoms with van der Waals surface area (Å²) in [4.78, 5) is 12.4. The predicted molar refractivity (Wildman–Crippen MR) is 73.8 cm³/mol. The number of carbonyl (C=O) groups is 1. The second-order valence-electron chi connectivity index (χ2n) is 5.08. The summed E-state index contributed by atoms with van der Waals surface area (Å²) < 4.78 is 23.3. The van der Waals surface area contributed by atoms with Gasteiger partial charge in [0.1, 0.15) is 0 Å². The topological polar surface area (TPSA) is 75.3 Å². The minimum atomic E-state index is -3.36. The minimum Gasteiger partial charge on any atom is -0.323 e. The molecule has 5 nitrogen and oxygen atoms in total. The Labute approximate surface area is 113 Å². The summed E-state index contributed by atoms with van der Waals surface area (Å²) in [5, 5.41) is 5.87. The summed E-state index contributed by atoms with van der Waals surface area (Å²) in [5.74, 6) is -0.193. The van der Waals surface area contributed by atoms with E-state index in [0.717, 1.165) is 25.6 Å². The van der Waals surface area contributed by atoms with Crippen LogP contribution in [0.1, 0.15) is 19.8 Å². The molecule has 1 saturated heterocycles. The molecular weight excluding hydrogens is 264 g/mol. The molecule has 1 amide bonds. The first-order valence-electron chi connectivity index (χ1n) is 6.18. The molecule has 104 valence electrons. The summed E-state index contributed by atoms with van der Waals surface area (Å²) in [7, 11) is -3.36. The molecule has 0 saturated carbocycles. The smallest absolute Gasteiger partial charge is 0.244 e. The predicted octanol–water partition coefficient (Wildman–Crippen LogP) is 1.17. The Morgan fingerprint density at radius 2 is 2.05 bits per heavy atom. The van der Waals surface area contributed by atoms with E-state index in [0.29, 0.717) is 5.69 Å². The van der Waals surface area contributed by atoms with Crippen LogP contribution in [0.3, 0.4) is 0 Å². The Balaban J connectivity index is 2.27. The van der Waals surface area contributed by atoms with Crippen LogP contribution < -0.4 is 10.6 Å². The van der Waals surface area contributed by atoms with Crippen molar-refractivity contribution in [2.75, 3.05) is 18.1 Å². The molecule has 2 rings (SSSR count). The lowest BCUT2D eigenvalue weighted by molar-refractivity contribution is -0.121. The molecule has 2 N–H and O–H groups in total. The van der Waals surface area contributed by atoms with Crippen molar-refractivity contribution < 1.29 is 13.2 Å². The molecule has 1 aromatic carbocycles. The zero-order valence-corrected chi connectivity index (χ0v) is 11.9. The molecule has 1 aromatic rings. The van der Waals surface area contributed by atoms with Crippen molar-refractivity contribution in [1.29, 1.82) is 0 Å². The van der Waals surface area contributed by atoms with E-state index in [2.05, 4.69) is 10.6 Å². The maximum absolute atomic E-state index is 12.2. The summed E-state index contributed by atoms with van der Waals surface area (Å²) in [6.45, 7) is 2.63. The summed E-state index contributed by atoms with van der Waals surface area (Å²) in [5.41, 5.74) is -0.283. The number of sulfone groups is 1. The quantitative estimate of drug-likeness (QED) is 0.872. The van der Waals surface area contributed by atoms with E-state index in [1.54, 1.807) is 18.2 Å². The number of anilines is 1. The lowest BCUT2D eigenvalue weighted by Crippen LogP contribution is -2.48. The van der Waals surface area contributed by atoms with Crippen molar-refractivity contribution in [3.8, 4) is 0 Å². The molecule has 1 atom stereocenters. The third kappa shape index (κ3) is 2.96. The van der Waals surface area contributed by atoms with Crippen LogP contribution in [0, 0.1) is 0 Å². The SMILES string of the molecule is CC1(C(=O)Nc2ccccc2S(C)(=O)=O)CCCN1. The summed E-state index contributed by atoms with van der Waals surface area (Å²) in [6, 6.07) is 6.44. The fourth-order valence-corrected chi connectivity index (χ4v) is 3.09. The first-order valence-corrected chi connectivity index (χ1v) is 8.08. The van der Waals surface area contributed by atoms with Gasteiger partial charge < -0.3 is 10.6 Å². The van der Waals surface area contributed by atoms with Gasteiger partial charge in [-0.3, -0.25) is 4.79 Å². The van der Waals surface area contributed by atoms with Crippen molar-refractivity contribution in [1.82, 2.24) is 5.32 Å². The average molecular weight is 282 g/mol. The van der Waals surface area contributed by atoms with E-state index in [1.807, 2.05) is 6.92 Å². The largest absolute Gasteiger partial charge is 0.323 e. The number of benzene rings is 1. The van der Waals surface area contributed by atoms with Crippen LogP contribution in [0.4, 0.5) is 5.69 Å². The molecule has 0 aliphatic carbocycles. The number of amides is 1. The number of rotatable bonds is 3. The Kier molecular flexibility index (Phi) is 3.64. The van der Waals surface area contributed by atoms with Gasteiger partial charge in [-0.2, -0.15) is 0 Å². The lowest BCUT2D eigenvalue weighted by atomic mass is 9.99. The van der Waals surface area contributed by atoms with Gasteiger partial charge in [0.25, 0.3) is 0 Å². The third-order valence-corrected chi connectivity index (χ3v) is 4.56. The molecule has 1 aliphatic heterocycles. The molecule has 1 fully saturated rings. The van der Waals surface area contributed by atoms with Gasteiger partial charge in [-0.05, 0) is 38.4 Å². The Bertz CT molecular complexity index is 590. The molecule has 0 bridgehead atoms. The van der Waals surface area contributed by atoms with Crippen LogP contribution in [0.2, 0.25) is 0 Å². The zero-order chi connectivity index (χ0) is 14.1. The maximum Gasteiger partial charge on any atom is 0.244 e. The molecule has 1 heterocycles. The van der Waals surface area contributed by atoms with Gasteiger partial charge >= 0.3 is 0 Å². The van der Waals surface area contributed by atoms with Crippen LogP contribution >= 0.6 is 0 Å². The van der Waals surface area contributed by atoms with Crippen LogP contribution in [-0.2, 0) is 14.6 Å². The second kappa shape index (κ2) is 4.94. The van der Waals surface area contributed by atoms with E-state index in [1.165, 1.54) is 6.07 Å². The molecule has 19 heavy (non-hydrogen) atoms. The van der Waals surface area contributed by atoms with E-state index in [4.69, 9.17) is 0 Å². The molecule has 1 unspecified atom stereocenters. The van der Waals surface area contributed by atoms with Gasteiger partial charge in [0.15, 0.2) is 9.84 Å².